The van der Waals surface area contributed by atoms with Gasteiger partial charge in [0.25, 0.3) is 0 Å². The Morgan fingerprint density at radius 2 is 2.00 bits per heavy atom. The summed E-state index contributed by atoms with van der Waals surface area (Å²) in [6, 6.07) is 4.55. The third-order valence-corrected chi connectivity index (χ3v) is 5.79. The fourth-order valence-corrected chi connectivity index (χ4v) is 4.50. The molecule has 0 saturated heterocycles. The van der Waals surface area contributed by atoms with Gasteiger partial charge in [-0.05, 0) is 47.5 Å². The lowest BCUT2D eigenvalue weighted by Gasteiger charge is -2.24. The lowest BCUT2D eigenvalue weighted by Crippen LogP contribution is -2.51. The molecule has 1 rings (SSSR count). The fourth-order valence-electron chi connectivity index (χ4n) is 1.31. The molecule has 1 aromatic carbocycles. The van der Waals surface area contributed by atoms with Crippen molar-refractivity contribution in [3.8, 4) is 0 Å². The SMILES string of the molecule is CCC(C)(NS(=O)(=O)c1ccc(Br)cc1Br)C(=O)O. The van der Waals surface area contributed by atoms with Crippen molar-refractivity contribution in [1.29, 1.82) is 0 Å². The molecule has 0 aliphatic carbocycles. The number of halogens is 2. The number of carboxylic acids is 1. The molecule has 0 spiro atoms. The fraction of sp³-hybridized carbons (Fsp3) is 0.364. The highest BCUT2D eigenvalue weighted by atomic mass is 79.9. The van der Waals surface area contributed by atoms with Crippen molar-refractivity contribution < 1.29 is 18.3 Å². The van der Waals surface area contributed by atoms with Crippen molar-refractivity contribution in [2.24, 2.45) is 0 Å². The van der Waals surface area contributed by atoms with Crippen molar-refractivity contribution in [2.75, 3.05) is 0 Å². The number of sulfonamides is 1. The van der Waals surface area contributed by atoms with E-state index in [4.69, 9.17) is 5.11 Å². The van der Waals surface area contributed by atoms with Crippen LogP contribution in [0.5, 0.6) is 0 Å². The molecule has 1 unspecified atom stereocenters. The number of hydrogen-bond acceptors (Lipinski definition) is 3. The van der Waals surface area contributed by atoms with Gasteiger partial charge in [-0.25, -0.2) is 8.42 Å². The van der Waals surface area contributed by atoms with Gasteiger partial charge in [0.15, 0.2) is 0 Å². The van der Waals surface area contributed by atoms with Crippen LogP contribution in [0.3, 0.4) is 0 Å². The van der Waals surface area contributed by atoms with Crippen molar-refractivity contribution in [1.82, 2.24) is 4.72 Å². The summed E-state index contributed by atoms with van der Waals surface area (Å²) in [6.45, 7) is 2.94. The Hall–Kier alpha value is -0.440. The molecule has 0 bridgehead atoms. The van der Waals surface area contributed by atoms with E-state index in [-0.39, 0.29) is 11.3 Å². The lowest BCUT2D eigenvalue weighted by molar-refractivity contribution is -0.143. The molecule has 5 nitrogen and oxygen atoms in total. The van der Waals surface area contributed by atoms with Gasteiger partial charge in [-0.15, -0.1) is 0 Å². The molecule has 0 aliphatic heterocycles. The van der Waals surface area contributed by atoms with Crippen LogP contribution >= 0.6 is 31.9 Å². The van der Waals surface area contributed by atoms with E-state index in [1.54, 1.807) is 19.1 Å². The van der Waals surface area contributed by atoms with Gasteiger partial charge < -0.3 is 5.11 Å². The molecular formula is C11H13Br2NO4S. The zero-order chi connectivity index (χ0) is 14.8. The summed E-state index contributed by atoms with van der Waals surface area (Å²) in [5.41, 5.74) is -1.54. The highest BCUT2D eigenvalue weighted by molar-refractivity contribution is 9.11. The van der Waals surface area contributed by atoms with E-state index >= 15 is 0 Å². The zero-order valence-corrected chi connectivity index (χ0v) is 14.3. The first-order valence-electron chi connectivity index (χ1n) is 5.35. The topological polar surface area (TPSA) is 83.5 Å². The summed E-state index contributed by atoms with van der Waals surface area (Å²) in [5, 5.41) is 9.11. The third-order valence-electron chi connectivity index (χ3n) is 2.72. The van der Waals surface area contributed by atoms with Gasteiger partial charge in [-0.1, -0.05) is 22.9 Å². The molecule has 106 valence electrons. The number of carboxylic acid groups (broad SMARTS) is 1. The van der Waals surface area contributed by atoms with Crippen LogP contribution in [0.2, 0.25) is 0 Å². The van der Waals surface area contributed by atoms with Crippen LogP contribution in [0.15, 0.2) is 32.0 Å². The summed E-state index contributed by atoms with van der Waals surface area (Å²) in [6.07, 6.45) is 0.135. The smallest absolute Gasteiger partial charge is 0.324 e. The average molecular weight is 415 g/mol. The molecule has 8 heteroatoms. The Balaban J connectivity index is 3.22. The number of carbonyl (C=O) groups is 1. The quantitative estimate of drug-likeness (QED) is 0.775. The molecular weight excluding hydrogens is 402 g/mol. The summed E-state index contributed by atoms with van der Waals surface area (Å²) < 4.78 is 27.7. The maximum absolute atomic E-state index is 12.2. The summed E-state index contributed by atoms with van der Waals surface area (Å²) >= 11 is 6.37. The van der Waals surface area contributed by atoms with Crippen LogP contribution < -0.4 is 4.72 Å². The largest absolute Gasteiger partial charge is 0.480 e. The van der Waals surface area contributed by atoms with E-state index in [1.807, 2.05) is 0 Å². The second-order valence-electron chi connectivity index (χ2n) is 4.17. The van der Waals surface area contributed by atoms with Gasteiger partial charge in [0.05, 0.1) is 4.90 Å². The molecule has 2 N–H and O–H groups in total. The van der Waals surface area contributed by atoms with Crippen molar-refractivity contribution >= 4 is 47.9 Å². The summed E-state index contributed by atoms with van der Waals surface area (Å²) in [4.78, 5) is 11.2. The Kier molecular flexibility index (Phi) is 5.16. The van der Waals surface area contributed by atoms with Crippen molar-refractivity contribution in [3.05, 3.63) is 27.1 Å². The number of rotatable bonds is 5. The van der Waals surface area contributed by atoms with Crippen LogP contribution in [0.1, 0.15) is 20.3 Å². The first-order chi connectivity index (χ1) is 8.62. The first-order valence-corrected chi connectivity index (χ1v) is 8.42. The van der Waals surface area contributed by atoms with E-state index in [0.717, 1.165) is 4.47 Å². The molecule has 0 aromatic heterocycles. The monoisotopic (exact) mass is 413 g/mol. The van der Waals surface area contributed by atoms with Crippen LogP contribution in [0.25, 0.3) is 0 Å². The minimum Gasteiger partial charge on any atom is -0.480 e. The Morgan fingerprint density at radius 3 is 2.42 bits per heavy atom. The lowest BCUT2D eigenvalue weighted by atomic mass is 10.0. The minimum atomic E-state index is -3.92. The molecule has 0 radical (unpaired) electrons. The highest BCUT2D eigenvalue weighted by Gasteiger charge is 2.36. The van der Waals surface area contributed by atoms with Crippen LogP contribution in [-0.4, -0.2) is 25.0 Å². The normalized spacial score (nSPS) is 14.9. The van der Waals surface area contributed by atoms with E-state index in [2.05, 4.69) is 36.6 Å². The van der Waals surface area contributed by atoms with Crippen molar-refractivity contribution in [2.45, 2.75) is 30.7 Å². The molecule has 0 heterocycles. The predicted molar refractivity (Wildman–Crippen MR) is 78.5 cm³/mol. The Bertz CT molecular complexity index is 603. The van der Waals surface area contributed by atoms with E-state index in [9.17, 15) is 13.2 Å². The highest BCUT2D eigenvalue weighted by Crippen LogP contribution is 2.27. The maximum Gasteiger partial charge on any atom is 0.324 e. The summed E-state index contributed by atoms with van der Waals surface area (Å²) in [5.74, 6) is -1.22. The maximum atomic E-state index is 12.2. The number of aliphatic carboxylic acids is 1. The minimum absolute atomic E-state index is 0.00312. The van der Waals surface area contributed by atoms with Gasteiger partial charge >= 0.3 is 5.97 Å². The van der Waals surface area contributed by atoms with Crippen molar-refractivity contribution in [3.63, 3.8) is 0 Å². The average Bonchev–Trinajstić information content (AvgIpc) is 2.27. The molecule has 1 aromatic rings. The van der Waals surface area contributed by atoms with Crippen LogP contribution in [0.4, 0.5) is 0 Å². The van der Waals surface area contributed by atoms with E-state index < -0.39 is 21.5 Å². The molecule has 0 aliphatic rings. The molecule has 0 saturated carbocycles. The molecule has 0 fully saturated rings. The van der Waals surface area contributed by atoms with Crippen LogP contribution in [-0.2, 0) is 14.8 Å². The van der Waals surface area contributed by atoms with Gasteiger partial charge in [0.1, 0.15) is 5.54 Å². The third kappa shape index (κ3) is 3.77. The Labute approximate surface area is 128 Å². The Morgan fingerprint density at radius 1 is 1.42 bits per heavy atom. The second-order valence-corrected chi connectivity index (χ2v) is 7.59. The molecule has 1 atom stereocenters. The number of nitrogens with one attached hydrogen (secondary N) is 1. The van der Waals surface area contributed by atoms with Crippen LogP contribution in [0, 0.1) is 0 Å². The van der Waals surface area contributed by atoms with Gasteiger partial charge in [-0.3, -0.25) is 4.79 Å². The number of benzene rings is 1. The zero-order valence-electron chi connectivity index (χ0n) is 10.3. The summed E-state index contributed by atoms with van der Waals surface area (Å²) in [7, 11) is -3.92. The standard InChI is InChI=1S/C11H13Br2NO4S/c1-3-11(2,10(15)16)14-19(17,18)9-5-4-7(12)6-8(9)13/h4-6,14H,3H2,1-2H3,(H,15,16). The first kappa shape index (κ1) is 16.6. The van der Waals surface area contributed by atoms with E-state index in [1.165, 1.54) is 13.0 Å². The predicted octanol–water partition coefficient (Wildman–Crippen LogP) is 2.74. The van der Waals surface area contributed by atoms with Gasteiger partial charge in [0, 0.05) is 8.95 Å². The molecule has 0 amide bonds. The molecule has 19 heavy (non-hydrogen) atoms. The second kappa shape index (κ2) is 5.90. The number of hydrogen-bond donors (Lipinski definition) is 2. The van der Waals surface area contributed by atoms with E-state index in [0.29, 0.717) is 4.47 Å². The van der Waals surface area contributed by atoms with Gasteiger partial charge in [0.2, 0.25) is 10.0 Å². The van der Waals surface area contributed by atoms with Gasteiger partial charge in [-0.2, -0.15) is 4.72 Å².